The van der Waals surface area contributed by atoms with Crippen molar-refractivity contribution in [1.82, 2.24) is 25.7 Å². The Bertz CT molecular complexity index is 570. The molecule has 7 nitrogen and oxygen atoms in total. The smallest absolute Gasteiger partial charge is 0.228 e. The fourth-order valence-electron chi connectivity index (χ4n) is 3.96. The fraction of sp³-hybridized carbons (Fsp3) is 0.842. The third-order valence-electron chi connectivity index (χ3n) is 5.57. The van der Waals surface area contributed by atoms with Crippen LogP contribution in [0.25, 0.3) is 0 Å². The largest absolute Gasteiger partial charge is 0.356 e. The van der Waals surface area contributed by atoms with Gasteiger partial charge in [-0.3, -0.25) is 4.99 Å². The van der Waals surface area contributed by atoms with E-state index in [1.807, 2.05) is 7.05 Å². The Labute approximate surface area is 157 Å². The first-order valence-corrected chi connectivity index (χ1v) is 10.2. The van der Waals surface area contributed by atoms with Gasteiger partial charge in [0.25, 0.3) is 0 Å². The van der Waals surface area contributed by atoms with Crippen molar-refractivity contribution >= 4 is 5.96 Å². The van der Waals surface area contributed by atoms with Gasteiger partial charge in [0.1, 0.15) is 0 Å². The maximum Gasteiger partial charge on any atom is 0.228 e. The molecule has 2 aliphatic rings. The van der Waals surface area contributed by atoms with E-state index >= 15 is 0 Å². The van der Waals surface area contributed by atoms with Gasteiger partial charge >= 0.3 is 0 Å². The topological polar surface area (TPSA) is 78.6 Å². The fourth-order valence-corrected chi connectivity index (χ4v) is 3.96. The van der Waals surface area contributed by atoms with Crippen LogP contribution in [0.4, 0.5) is 0 Å². The predicted molar refractivity (Wildman–Crippen MR) is 103 cm³/mol. The van der Waals surface area contributed by atoms with E-state index in [4.69, 9.17) is 4.52 Å². The van der Waals surface area contributed by atoms with E-state index in [-0.39, 0.29) is 0 Å². The van der Waals surface area contributed by atoms with Gasteiger partial charge in [-0.2, -0.15) is 4.98 Å². The zero-order valence-corrected chi connectivity index (χ0v) is 16.5. The molecule has 0 aromatic carbocycles. The number of nitrogens with zero attached hydrogens (tertiary/aromatic N) is 4. The molecule has 146 valence electrons. The van der Waals surface area contributed by atoms with Gasteiger partial charge in [0, 0.05) is 51.1 Å². The molecule has 7 heteroatoms. The highest BCUT2D eigenvalue weighted by atomic mass is 16.5. The van der Waals surface area contributed by atoms with E-state index in [0.717, 1.165) is 24.4 Å². The Morgan fingerprint density at radius 1 is 1.23 bits per heavy atom. The molecule has 2 heterocycles. The molecule has 0 spiro atoms. The molecular weight excluding hydrogens is 328 g/mol. The summed E-state index contributed by atoms with van der Waals surface area (Å²) in [6.45, 7) is 7.28. The highest BCUT2D eigenvalue weighted by Gasteiger charge is 2.27. The van der Waals surface area contributed by atoms with Crippen molar-refractivity contribution in [2.45, 2.75) is 76.8 Å². The summed E-state index contributed by atoms with van der Waals surface area (Å²) in [4.78, 5) is 11.5. The van der Waals surface area contributed by atoms with Gasteiger partial charge in [-0.15, -0.1) is 0 Å². The molecule has 0 atom stereocenters. The van der Waals surface area contributed by atoms with Crippen molar-refractivity contribution in [3.05, 3.63) is 11.7 Å². The summed E-state index contributed by atoms with van der Waals surface area (Å²) in [7, 11) is 1.83. The van der Waals surface area contributed by atoms with Crippen LogP contribution in [0, 0.1) is 0 Å². The average molecular weight is 363 g/mol. The molecule has 0 unspecified atom stereocenters. The zero-order valence-electron chi connectivity index (χ0n) is 16.5. The van der Waals surface area contributed by atoms with Crippen molar-refractivity contribution in [2.75, 3.05) is 26.7 Å². The normalized spacial score (nSPS) is 20.8. The lowest BCUT2D eigenvalue weighted by Crippen LogP contribution is -2.50. The molecule has 1 aliphatic carbocycles. The quantitative estimate of drug-likeness (QED) is 0.597. The molecule has 1 saturated carbocycles. The van der Waals surface area contributed by atoms with E-state index in [9.17, 15) is 0 Å². The second-order valence-corrected chi connectivity index (χ2v) is 7.84. The zero-order chi connectivity index (χ0) is 18.4. The number of aromatic nitrogens is 2. The third kappa shape index (κ3) is 5.19. The van der Waals surface area contributed by atoms with E-state index in [1.54, 1.807) is 0 Å². The van der Waals surface area contributed by atoms with Gasteiger partial charge in [-0.05, 0) is 25.7 Å². The Kier molecular flexibility index (Phi) is 6.88. The molecule has 1 aliphatic heterocycles. The number of nitrogens with one attached hydrogen (secondary N) is 2. The predicted octanol–water partition coefficient (Wildman–Crippen LogP) is 2.31. The molecule has 3 rings (SSSR count). The number of hydrogen-bond donors (Lipinski definition) is 2. The van der Waals surface area contributed by atoms with Crippen molar-refractivity contribution in [2.24, 2.45) is 4.99 Å². The first-order valence-electron chi connectivity index (χ1n) is 10.2. The van der Waals surface area contributed by atoms with E-state index in [1.165, 1.54) is 51.6 Å². The summed E-state index contributed by atoms with van der Waals surface area (Å²) in [6, 6.07) is 1.35. The van der Waals surface area contributed by atoms with E-state index in [0.29, 0.717) is 24.3 Å². The molecular formula is C19H34N6O. The van der Waals surface area contributed by atoms with Crippen LogP contribution in [-0.2, 0) is 6.42 Å². The number of piperidine rings is 1. The monoisotopic (exact) mass is 362 g/mol. The molecule has 26 heavy (non-hydrogen) atoms. The molecule has 2 N–H and O–H groups in total. The van der Waals surface area contributed by atoms with E-state index < -0.39 is 0 Å². The molecule has 0 radical (unpaired) electrons. The maximum atomic E-state index is 5.28. The van der Waals surface area contributed by atoms with Crippen LogP contribution < -0.4 is 10.6 Å². The van der Waals surface area contributed by atoms with Crippen LogP contribution >= 0.6 is 0 Å². The van der Waals surface area contributed by atoms with Crippen molar-refractivity contribution in [1.29, 1.82) is 0 Å². The Balaban J connectivity index is 1.36. The minimum atomic E-state index is 0.296. The van der Waals surface area contributed by atoms with Crippen LogP contribution in [0.1, 0.15) is 70.0 Å². The van der Waals surface area contributed by atoms with Gasteiger partial charge in [-0.25, -0.2) is 0 Å². The molecule has 1 saturated heterocycles. The molecule has 1 aromatic heterocycles. The van der Waals surface area contributed by atoms with Crippen LogP contribution in [0.15, 0.2) is 9.52 Å². The van der Waals surface area contributed by atoms with E-state index in [2.05, 4.69) is 44.5 Å². The number of hydrogen-bond acceptors (Lipinski definition) is 5. The molecule has 0 amide bonds. The van der Waals surface area contributed by atoms with Gasteiger partial charge in [0.15, 0.2) is 11.8 Å². The van der Waals surface area contributed by atoms with Gasteiger partial charge in [0.05, 0.1) is 0 Å². The average Bonchev–Trinajstić information content (AvgIpc) is 3.33. The molecule has 2 fully saturated rings. The lowest BCUT2D eigenvalue weighted by Gasteiger charge is -2.36. The summed E-state index contributed by atoms with van der Waals surface area (Å²) < 4.78 is 5.28. The Morgan fingerprint density at radius 3 is 2.58 bits per heavy atom. The second-order valence-electron chi connectivity index (χ2n) is 7.84. The Morgan fingerprint density at radius 2 is 1.96 bits per heavy atom. The van der Waals surface area contributed by atoms with Crippen molar-refractivity contribution < 1.29 is 4.52 Å². The highest BCUT2D eigenvalue weighted by molar-refractivity contribution is 5.79. The third-order valence-corrected chi connectivity index (χ3v) is 5.57. The van der Waals surface area contributed by atoms with Crippen molar-refractivity contribution in [3.8, 4) is 0 Å². The highest BCUT2D eigenvalue weighted by Crippen LogP contribution is 2.26. The first-order chi connectivity index (χ1) is 12.7. The summed E-state index contributed by atoms with van der Waals surface area (Å²) in [5, 5.41) is 10.9. The van der Waals surface area contributed by atoms with Crippen LogP contribution in [0.2, 0.25) is 0 Å². The lowest BCUT2D eigenvalue weighted by molar-refractivity contribution is 0.150. The van der Waals surface area contributed by atoms with Gasteiger partial charge in [0.2, 0.25) is 5.89 Å². The van der Waals surface area contributed by atoms with Crippen LogP contribution in [0.5, 0.6) is 0 Å². The van der Waals surface area contributed by atoms with Crippen LogP contribution in [-0.4, -0.2) is 59.8 Å². The first kappa shape index (κ1) is 19.1. The maximum absolute atomic E-state index is 5.28. The summed E-state index contributed by atoms with van der Waals surface area (Å²) in [5.74, 6) is 2.62. The SMILES string of the molecule is CN=C(NCCc1nc(C(C)C)no1)NC1CCN(C2CCCC2)CC1. The van der Waals surface area contributed by atoms with Gasteiger partial charge < -0.3 is 20.1 Å². The minimum Gasteiger partial charge on any atom is -0.356 e. The number of likely N-dealkylation sites (tertiary alicyclic amines) is 1. The number of aliphatic imine (C=N–C) groups is 1. The number of guanidine groups is 1. The standard InChI is InChI=1S/C19H34N6O/c1-14(2)18-23-17(26-24-18)8-11-21-19(20-3)22-15-9-12-25(13-10-15)16-6-4-5-7-16/h14-16H,4-13H2,1-3H3,(H2,20,21,22). The summed E-state index contributed by atoms with van der Waals surface area (Å²) in [6.07, 6.45) is 8.72. The lowest BCUT2D eigenvalue weighted by atomic mass is 10.0. The summed E-state index contributed by atoms with van der Waals surface area (Å²) >= 11 is 0. The minimum absolute atomic E-state index is 0.296. The van der Waals surface area contributed by atoms with Crippen molar-refractivity contribution in [3.63, 3.8) is 0 Å². The van der Waals surface area contributed by atoms with Crippen LogP contribution in [0.3, 0.4) is 0 Å². The van der Waals surface area contributed by atoms with Gasteiger partial charge in [-0.1, -0.05) is 31.8 Å². The number of rotatable bonds is 6. The Hall–Kier alpha value is -1.63. The molecule has 0 bridgehead atoms. The summed E-state index contributed by atoms with van der Waals surface area (Å²) in [5.41, 5.74) is 0. The molecule has 1 aromatic rings. The second kappa shape index (κ2) is 9.35.